The minimum Gasteiger partial charge on any atom is -0.325 e. The van der Waals surface area contributed by atoms with Crippen LogP contribution in [0.25, 0.3) is 11.0 Å². The molecule has 0 saturated heterocycles. The number of carbonyl (C=O) groups excluding carboxylic acids is 1. The first-order valence-electron chi connectivity index (χ1n) is 8.69. The summed E-state index contributed by atoms with van der Waals surface area (Å²) in [5.41, 5.74) is -0.543. The van der Waals surface area contributed by atoms with E-state index in [-0.39, 0.29) is 24.1 Å². The monoisotopic (exact) mass is 410 g/mol. The second-order valence-electron chi connectivity index (χ2n) is 6.27. The van der Waals surface area contributed by atoms with Gasteiger partial charge in [-0.1, -0.05) is 6.07 Å². The van der Waals surface area contributed by atoms with Crippen LogP contribution < -0.4 is 16.6 Å². The van der Waals surface area contributed by atoms with E-state index in [0.717, 1.165) is 9.44 Å². The Morgan fingerprint density at radius 1 is 1.07 bits per heavy atom. The average Bonchev–Trinajstić information content (AvgIpc) is 3.23. The van der Waals surface area contributed by atoms with Gasteiger partial charge in [0.2, 0.25) is 5.91 Å². The Labute approximate surface area is 167 Å². The fraction of sp³-hybridized carbons (Fsp3) is 0.100. The van der Waals surface area contributed by atoms with Gasteiger partial charge in [0.1, 0.15) is 18.0 Å². The molecular weight excluding hydrogens is 395 g/mol. The predicted molar refractivity (Wildman–Crippen MR) is 109 cm³/mol. The summed E-state index contributed by atoms with van der Waals surface area (Å²) >= 11 is 1.43. The first-order chi connectivity index (χ1) is 14.0. The molecule has 4 aromatic rings. The van der Waals surface area contributed by atoms with Gasteiger partial charge in [-0.25, -0.2) is 14.2 Å². The van der Waals surface area contributed by atoms with Gasteiger partial charge in [0.15, 0.2) is 0 Å². The third-order valence-corrected chi connectivity index (χ3v) is 5.16. The summed E-state index contributed by atoms with van der Waals surface area (Å²) in [4.78, 5) is 43.3. The number of fused-ring (bicyclic) bond motifs is 1. The van der Waals surface area contributed by atoms with E-state index in [4.69, 9.17) is 0 Å². The lowest BCUT2D eigenvalue weighted by molar-refractivity contribution is -0.116. The van der Waals surface area contributed by atoms with Gasteiger partial charge >= 0.3 is 5.69 Å². The zero-order chi connectivity index (χ0) is 20.4. The Morgan fingerprint density at radius 2 is 1.86 bits per heavy atom. The largest absolute Gasteiger partial charge is 0.333 e. The zero-order valence-electron chi connectivity index (χ0n) is 15.0. The molecule has 3 heterocycles. The first kappa shape index (κ1) is 18.8. The minimum absolute atomic E-state index is 0.111. The van der Waals surface area contributed by atoms with E-state index < -0.39 is 23.0 Å². The van der Waals surface area contributed by atoms with Crippen molar-refractivity contribution in [3.05, 3.63) is 91.6 Å². The van der Waals surface area contributed by atoms with E-state index in [1.807, 2.05) is 17.5 Å². The summed E-state index contributed by atoms with van der Waals surface area (Å²) in [5, 5.41) is 4.72. The second kappa shape index (κ2) is 7.80. The SMILES string of the molecule is O=C(Cn1c(=O)n(Cc2cccs2)c(=O)c2cccnc21)Nc1ccc(F)cc1. The van der Waals surface area contributed by atoms with Crippen LogP contribution in [-0.4, -0.2) is 20.0 Å². The molecule has 0 aliphatic carbocycles. The van der Waals surface area contributed by atoms with E-state index in [1.54, 1.807) is 12.1 Å². The number of rotatable bonds is 5. The summed E-state index contributed by atoms with van der Waals surface area (Å²) in [5.74, 6) is -0.915. The molecule has 0 spiro atoms. The molecule has 0 bridgehead atoms. The van der Waals surface area contributed by atoms with Gasteiger partial charge < -0.3 is 5.32 Å². The zero-order valence-corrected chi connectivity index (χ0v) is 15.9. The number of nitrogens with one attached hydrogen (secondary N) is 1. The molecule has 1 amide bonds. The van der Waals surface area contributed by atoms with Crippen LogP contribution in [0.4, 0.5) is 10.1 Å². The highest BCUT2D eigenvalue weighted by molar-refractivity contribution is 7.09. The lowest BCUT2D eigenvalue weighted by Gasteiger charge is -2.13. The maximum absolute atomic E-state index is 13.0. The minimum atomic E-state index is -0.621. The molecule has 0 fully saturated rings. The number of nitrogens with zero attached hydrogens (tertiary/aromatic N) is 3. The van der Waals surface area contributed by atoms with Gasteiger partial charge in [0.25, 0.3) is 5.56 Å². The van der Waals surface area contributed by atoms with Crippen molar-refractivity contribution < 1.29 is 9.18 Å². The highest BCUT2D eigenvalue weighted by Gasteiger charge is 2.17. The Morgan fingerprint density at radius 3 is 2.59 bits per heavy atom. The molecule has 0 saturated carbocycles. The Kier molecular flexibility index (Phi) is 5.05. The maximum Gasteiger partial charge on any atom is 0.333 e. The maximum atomic E-state index is 13.0. The van der Waals surface area contributed by atoms with Crippen molar-refractivity contribution in [3.8, 4) is 0 Å². The number of hydrogen-bond acceptors (Lipinski definition) is 5. The molecule has 0 atom stereocenters. The topological polar surface area (TPSA) is 86.0 Å². The molecule has 0 aliphatic heterocycles. The van der Waals surface area contributed by atoms with Crippen LogP contribution in [0.1, 0.15) is 4.88 Å². The molecular formula is C20H15FN4O3S. The van der Waals surface area contributed by atoms with Crippen LogP contribution in [0.5, 0.6) is 0 Å². The lowest BCUT2D eigenvalue weighted by Crippen LogP contribution is -2.42. The number of aromatic nitrogens is 3. The Balaban J connectivity index is 1.74. The molecule has 9 heteroatoms. The molecule has 0 radical (unpaired) electrons. The van der Waals surface area contributed by atoms with Crippen LogP contribution in [0.2, 0.25) is 0 Å². The standard InChI is InChI=1S/C20H15FN4O3S/c21-13-5-7-14(8-6-13)23-17(26)12-24-18-16(4-1-9-22-18)19(27)25(20(24)28)11-15-3-2-10-29-15/h1-10H,11-12H2,(H,23,26). The van der Waals surface area contributed by atoms with Gasteiger partial charge in [-0.15, -0.1) is 11.3 Å². The molecule has 146 valence electrons. The van der Waals surface area contributed by atoms with Crippen LogP contribution in [0.15, 0.2) is 69.7 Å². The summed E-state index contributed by atoms with van der Waals surface area (Å²) < 4.78 is 15.3. The van der Waals surface area contributed by atoms with E-state index in [0.29, 0.717) is 5.69 Å². The Bertz CT molecular complexity index is 1290. The van der Waals surface area contributed by atoms with Crippen LogP contribution in [-0.2, 0) is 17.9 Å². The van der Waals surface area contributed by atoms with Gasteiger partial charge in [-0.05, 0) is 47.8 Å². The molecule has 0 unspecified atom stereocenters. The number of carbonyl (C=O) groups is 1. The number of benzene rings is 1. The van der Waals surface area contributed by atoms with Gasteiger partial charge in [0.05, 0.1) is 11.9 Å². The molecule has 7 nitrogen and oxygen atoms in total. The fourth-order valence-corrected chi connectivity index (χ4v) is 3.66. The molecule has 4 rings (SSSR count). The third-order valence-electron chi connectivity index (χ3n) is 4.30. The molecule has 3 aromatic heterocycles. The number of anilines is 1. The predicted octanol–water partition coefficient (Wildman–Crippen LogP) is 2.45. The Hall–Kier alpha value is -3.59. The van der Waals surface area contributed by atoms with Crippen molar-refractivity contribution in [2.45, 2.75) is 13.1 Å². The van der Waals surface area contributed by atoms with E-state index in [9.17, 15) is 18.8 Å². The van der Waals surface area contributed by atoms with Crippen molar-refractivity contribution in [1.82, 2.24) is 14.1 Å². The van der Waals surface area contributed by atoms with Crippen molar-refractivity contribution in [2.24, 2.45) is 0 Å². The number of hydrogen-bond donors (Lipinski definition) is 1. The average molecular weight is 410 g/mol. The smallest absolute Gasteiger partial charge is 0.325 e. The van der Waals surface area contributed by atoms with E-state index >= 15 is 0 Å². The fourth-order valence-electron chi connectivity index (χ4n) is 2.97. The van der Waals surface area contributed by atoms with Crippen molar-refractivity contribution in [3.63, 3.8) is 0 Å². The van der Waals surface area contributed by atoms with Crippen molar-refractivity contribution in [1.29, 1.82) is 0 Å². The summed E-state index contributed by atoms with van der Waals surface area (Å²) in [6.07, 6.45) is 1.46. The summed E-state index contributed by atoms with van der Waals surface area (Å²) in [6.45, 7) is -0.228. The van der Waals surface area contributed by atoms with Gasteiger partial charge in [-0.3, -0.25) is 18.7 Å². The molecule has 1 N–H and O–H groups in total. The third kappa shape index (κ3) is 3.85. The van der Waals surface area contributed by atoms with Crippen molar-refractivity contribution >= 4 is 34.0 Å². The molecule has 1 aromatic carbocycles. The first-order valence-corrected chi connectivity index (χ1v) is 9.57. The summed E-state index contributed by atoms with van der Waals surface area (Å²) in [7, 11) is 0. The number of pyridine rings is 1. The highest BCUT2D eigenvalue weighted by Crippen LogP contribution is 2.11. The normalized spacial score (nSPS) is 10.9. The number of thiophene rings is 1. The van der Waals surface area contributed by atoms with Gasteiger partial charge in [-0.2, -0.15) is 0 Å². The van der Waals surface area contributed by atoms with Crippen LogP contribution in [0, 0.1) is 5.82 Å². The number of amides is 1. The highest BCUT2D eigenvalue weighted by atomic mass is 32.1. The van der Waals surface area contributed by atoms with Crippen LogP contribution in [0.3, 0.4) is 0 Å². The lowest BCUT2D eigenvalue weighted by atomic mass is 10.3. The quantitative estimate of drug-likeness (QED) is 0.548. The van der Waals surface area contributed by atoms with Crippen molar-refractivity contribution in [2.75, 3.05) is 5.32 Å². The second-order valence-corrected chi connectivity index (χ2v) is 7.30. The summed E-state index contributed by atoms with van der Waals surface area (Å²) in [6, 6.07) is 12.1. The number of halogens is 1. The molecule has 0 aliphatic rings. The molecule has 29 heavy (non-hydrogen) atoms. The van der Waals surface area contributed by atoms with E-state index in [1.165, 1.54) is 46.4 Å². The van der Waals surface area contributed by atoms with Crippen LogP contribution >= 0.6 is 11.3 Å². The van der Waals surface area contributed by atoms with E-state index in [2.05, 4.69) is 10.3 Å². The van der Waals surface area contributed by atoms with Gasteiger partial charge in [0, 0.05) is 16.8 Å².